The van der Waals surface area contributed by atoms with Gasteiger partial charge in [-0.05, 0) is 24.8 Å². The molecule has 0 aliphatic rings. The number of nitrogens with one attached hydrogen (secondary N) is 1. The predicted octanol–water partition coefficient (Wildman–Crippen LogP) is 4.55. The first-order valence-electron chi connectivity index (χ1n) is 7.96. The SMILES string of the molecule is Cc1ncc(-c2c(-c3ccccc3)ncn2CCc2cccs2)[nH]1. The van der Waals surface area contributed by atoms with Gasteiger partial charge in [0.15, 0.2) is 0 Å². The van der Waals surface area contributed by atoms with Gasteiger partial charge in [0.05, 0.1) is 29.6 Å². The van der Waals surface area contributed by atoms with Crippen molar-refractivity contribution in [3.8, 4) is 22.6 Å². The zero-order chi connectivity index (χ0) is 16.4. The summed E-state index contributed by atoms with van der Waals surface area (Å²) >= 11 is 1.80. The third-order valence-electron chi connectivity index (χ3n) is 4.02. The smallest absolute Gasteiger partial charge is 0.103 e. The Morgan fingerprint density at radius 3 is 2.67 bits per heavy atom. The van der Waals surface area contributed by atoms with Gasteiger partial charge in [0.2, 0.25) is 0 Å². The summed E-state index contributed by atoms with van der Waals surface area (Å²) in [5.74, 6) is 0.912. The first kappa shape index (κ1) is 14.9. The van der Waals surface area contributed by atoms with E-state index in [1.54, 1.807) is 11.3 Å². The number of thiophene rings is 1. The molecule has 0 amide bonds. The van der Waals surface area contributed by atoms with Crippen LogP contribution < -0.4 is 0 Å². The highest BCUT2D eigenvalue weighted by Gasteiger charge is 2.16. The van der Waals surface area contributed by atoms with Crippen molar-refractivity contribution in [2.45, 2.75) is 19.9 Å². The summed E-state index contributed by atoms with van der Waals surface area (Å²) in [5.41, 5.74) is 4.22. The van der Waals surface area contributed by atoms with Crippen molar-refractivity contribution in [2.75, 3.05) is 0 Å². The van der Waals surface area contributed by atoms with Gasteiger partial charge in [0.25, 0.3) is 0 Å². The molecule has 4 aromatic rings. The van der Waals surface area contributed by atoms with Crippen molar-refractivity contribution < 1.29 is 0 Å². The second kappa shape index (κ2) is 6.45. The van der Waals surface area contributed by atoms with E-state index in [1.807, 2.05) is 37.6 Å². The summed E-state index contributed by atoms with van der Waals surface area (Å²) in [4.78, 5) is 13.8. The van der Waals surface area contributed by atoms with Crippen molar-refractivity contribution >= 4 is 11.3 Å². The predicted molar refractivity (Wildman–Crippen MR) is 98.0 cm³/mol. The van der Waals surface area contributed by atoms with Crippen LogP contribution in [0.25, 0.3) is 22.6 Å². The Labute approximate surface area is 144 Å². The average Bonchev–Trinajstić information content (AvgIpc) is 3.34. The van der Waals surface area contributed by atoms with E-state index >= 15 is 0 Å². The molecule has 0 aliphatic heterocycles. The van der Waals surface area contributed by atoms with Gasteiger partial charge >= 0.3 is 0 Å². The Bertz CT molecular complexity index is 920. The molecule has 1 N–H and O–H groups in total. The molecule has 0 saturated carbocycles. The van der Waals surface area contributed by atoms with Crippen LogP contribution in [0.3, 0.4) is 0 Å². The van der Waals surface area contributed by atoms with Crippen LogP contribution >= 0.6 is 11.3 Å². The average molecular weight is 334 g/mol. The van der Waals surface area contributed by atoms with E-state index in [1.165, 1.54) is 4.88 Å². The third kappa shape index (κ3) is 2.90. The van der Waals surface area contributed by atoms with Crippen LogP contribution in [0, 0.1) is 6.92 Å². The number of aryl methyl sites for hydroxylation is 3. The molecule has 0 unspecified atom stereocenters. The minimum atomic E-state index is 0.897. The number of hydrogen-bond acceptors (Lipinski definition) is 3. The van der Waals surface area contributed by atoms with Crippen LogP contribution in [0.15, 0.2) is 60.4 Å². The number of imidazole rings is 2. The molecule has 4 nitrogen and oxygen atoms in total. The highest BCUT2D eigenvalue weighted by molar-refractivity contribution is 7.09. The van der Waals surface area contributed by atoms with E-state index in [0.717, 1.165) is 41.4 Å². The normalized spacial score (nSPS) is 11.0. The molecule has 120 valence electrons. The van der Waals surface area contributed by atoms with Gasteiger partial charge in [-0.1, -0.05) is 36.4 Å². The molecule has 0 saturated heterocycles. The van der Waals surface area contributed by atoms with Gasteiger partial charge in [0.1, 0.15) is 5.82 Å². The molecular weight excluding hydrogens is 316 g/mol. The zero-order valence-electron chi connectivity index (χ0n) is 13.4. The second-order valence-corrected chi connectivity index (χ2v) is 6.75. The molecule has 24 heavy (non-hydrogen) atoms. The molecule has 0 radical (unpaired) electrons. The molecule has 3 heterocycles. The summed E-state index contributed by atoms with van der Waals surface area (Å²) < 4.78 is 2.22. The molecule has 1 aromatic carbocycles. The van der Waals surface area contributed by atoms with Crippen molar-refractivity contribution in [2.24, 2.45) is 0 Å². The van der Waals surface area contributed by atoms with Crippen molar-refractivity contribution in [1.29, 1.82) is 0 Å². The van der Waals surface area contributed by atoms with Gasteiger partial charge in [-0.3, -0.25) is 0 Å². The van der Waals surface area contributed by atoms with E-state index in [9.17, 15) is 0 Å². The quantitative estimate of drug-likeness (QED) is 0.582. The fourth-order valence-electron chi connectivity index (χ4n) is 2.87. The van der Waals surface area contributed by atoms with Crippen LogP contribution in [0.1, 0.15) is 10.7 Å². The largest absolute Gasteiger partial charge is 0.341 e. The van der Waals surface area contributed by atoms with E-state index in [2.05, 4.69) is 44.2 Å². The Balaban J connectivity index is 1.75. The monoisotopic (exact) mass is 334 g/mol. The van der Waals surface area contributed by atoms with E-state index in [4.69, 9.17) is 4.98 Å². The highest BCUT2D eigenvalue weighted by atomic mass is 32.1. The maximum absolute atomic E-state index is 4.69. The lowest BCUT2D eigenvalue weighted by Crippen LogP contribution is -2.02. The molecule has 0 bridgehead atoms. The molecule has 3 aromatic heterocycles. The lowest BCUT2D eigenvalue weighted by molar-refractivity contribution is 0.706. The number of nitrogens with zero attached hydrogens (tertiary/aromatic N) is 3. The molecule has 0 fully saturated rings. The summed E-state index contributed by atoms with van der Waals surface area (Å²) in [6.07, 6.45) is 4.82. The Morgan fingerprint density at radius 2 is 1.96 bits per heavy atom. The molecule has 4 rings (SSSR count). The fourth-order valence-corrected chi connectivity index (χ4v) is 3.57. The van der Waals surface area contributed by atoms with Crippen LogP contribution in [-0.4, -0.2) is 19.5 Å². The van der Waals surface area contributed by atoms with Crippen LogP contribution in [0.2, 0.25) is 0 Å². The molecule has 0 spiro atoms. The standard InChI is InChI=1S/C19H18N4S/c1-14-20-12-17(22-14)19-18(15-6-3-2-4-7-15)21-13-23(19)10-9-16-8-5-11-24-16/h2-8,11-13H,9-10H2,1H3,(H,20,22). The maximum Gasteiger partial charge on any atom is 0.103 e. The Kier molecular flexibility index (Phi) is 4.01. The van der Waals surface area contributed by atoms with Crippen molar-refractivity contribution in [1.82, 2.24) is 19.5 Å². The number of rotatable bonds is 5. The number of aromatic amines is 1. The van der Waals surface area contributed by atoms with E-state index in [0.29, 0.717) is 0 Å². The van der Waals surface area contributed by atoms with Gasteiger partial charge in [0, 0.05) is 17.0 Å². The highest BCUT2D eigenvalue weighted by Crippen LogP contribution is 2.30. The van der Waals surface area contributed by atoms with Gasteiger partial charge in [-0.15, -0.1) is 11.3 Å². The lowest BCUT2D eigenvalue weighted by Gasteiger charge is -2.08. The molecular formula is C19H18N4S. The maximum atomic E-state index is 4.69. The summed E-state index contributed by atoms with van der Waals surface area (Å²) in [5, 5.41) is 2.12. The van der Waals surface area contributed by atoms with Gasteiger partial charge < -0.3 is 9.55 Å². The first-order chi connectivity index (χ1) is 11.8. The Morgan fingerprint density at radius 1 is 1.08 bits per heavy atom. The number of benzene rings is 1. The first-order valence-corrected chi connectivity index (χ1v) is 8.84. The number of hydrogen-bond donors (Lipinski definition) is 1. The molecule has 5 heteroatoms. The van der Waals surface area contributed by atoms with Gasteiger partial charge in [-0.25, -0.2) is 9.97 Å². The molecule has 0 aliphatic carbocycles. The molecule has 0 atom stereocenters. The van der Waals surface area contributed by atoms with Crippen LogP contribution in [-0.2, 0) is 13.0 Å². The number of H-pyrrole nitrogens is 1. The van der Waals surface area contributed by atoms with E-state index < -0.39 is 0 Å². The summed E-state index contributed by atoms with van der Waals surface area (Å²) in [6.45, 7) is 2.87. The van der Waals surface area contributed by atoms with E-state index in [-0.39, 0.29) is 0 Å². The Hall–Kier alpha value is -2.66. The lowest BCUT2D eigenvalue weighted by atomic mass is 10.1. The topological polar surface area (TPSA) is 46.5 Å². The van der Waals surface area contributed by atoms with Crippen molar-refractivity contribution in [3.05, 3.63) is 71.1 Å². The summed E-state index contributed by atoms with van der Waals surface area (Å²) in [6, 6.07) is 14.6. The van der Waals surface area contributed by atoms with Crippen LogP contribution in [0.5, 0.6) is 0 Å². The second-order valence-electron chi connectivity index (χ2n) is 5.71. The number of aromatic nitrogens is 4. The minimum Gasteiger partial charge on any atom is -0.341 e. The van der Waals surface area contributed by atoms with Crippen LogP contribution in [0.4, 0.5) is 0 Å². The fraction of sp³-hybridized carbons (Fsp3) is 0.158. The van der Waals surface area contributed by atoms with Gasteiger partial charge in [-0.2, -0.15) is 0 Å². The minimum absolute atomic E-state index is 0.897. The summed E-state index contributed by atoms with van der Waals surface area (Å²) in [7, 11) is 0. The van der Waals surface area contributed by atoms with Crippen molar-refractivity contribution in [3.63, 3.8) is 0 Å². The third-order valence-corrected chi connectivity index (χ3v) is 4.96. The zero-order valence-corrected chi connectivity index (χ0v) is 14.3.